The number of amides is 1. The first kappa shape index (κ1) is 23.5. The molecule has 33 heavy (non-hydrogen) atoms. The fraction of sp³-hybridized carbons (Fsp3) is 0.192. The maximum absolute atomic E-state index is 12.6. The summed E-state index contributed by atoms with van der Waals surface area (Å²) in [5.41, 5.74) is 5.74. The highest BCUT2D eigenvalue weighted by Crippen LogP contribution is 2.32. The highest BCUT2D eigenvalue weighted by atomic mass is 79.9. The Labute approximate surface area is 211 Å². The van der Waals surface area contributed by atoms with E-state index in [1.165, 1.54) is 10.3 Å². The van der Waals surface area contributed by atoms with Crippen molar-refractivity contribution in [3.8, 4) is 10.6 Å². The van der Waals surface area contributed by atoms with Gasteiger partial charge in [0.1, 0.15) is 5.01 Å². The molecule has 4 aromatic rings. The third-order valence-corrected chi connectivity index (χ3v) is 7.13. The van der Waals surface area contributed by atoms with Crippen molar-refractivity contribution in [2.24, 2.45) is 0 Å². The molecule has 2 N–H and O–H groups in total. The van der Waals surface area contributed by atoms with Crippen molar-refractivity contribution in [1.82, 2.24) is 10.3 Å². The molecule has 0 radical (unpaired) electrons. The number of nitrogens with zero attached hydrogens (tertiary/aromatic N) is 1. The number of anilines is 1. The van der Waals surface area contributed by atoms with Crippen molar-refractivity contribution in [2.75, 3.05) is 5.32 Å². The normalized spacial score (nSPS) is 11.4. The number of hydrogen-bond acceptors (Lipinski definition) is 4. The van der Waals surface area contributed by atoms with Gasteiger partial charge in [0, 0.05) is 21.3 Å². The molecular formula is C26H24BrN3OS2. The second kappa shape index (κ2) is 9.33. The summed E-state index contributed by atoms with van der Waals surface area (Å²) in [6.07, 6.45) is 0. The van der Waals surface area contributed by atoms with Crippen LogP contribution >= 0.6 is 39.5 Å². The van der Waals surface area contributed by atoms with Crippen LogP contribution in [0, 0.1) is 6.92 Å². The second-order valence-corrected chi connectivity index (χ2v) is 11.2. The molecule has 1 aromatic heterocycles. The van der Waals surface area contributed by atoms with Gasteiger partial charge in [0.2, 0.25) is 0 Å². The molecule has 0 atom stereocenters. The van der Waals surface area contributed by atoms with Gasteiger partial charge in [0.25, 0.3) is 5.91 Å². The number of carbonyl (C=O) groups excluding carboxylic acids is 1. The van der Waals surface area contributed by atoms with Crippen molar-refractivity contribution in [2.45, 2.75) is 33.1 Å². The zero-order valence-electron chi connectivity index (χ0n) is 18.8. The van der Waals surface area contributed by atoms with Crippen LogP contribution in [0.5, 0.6) is 0 Å². The molecule has 0 aliphatic carbocycles. The largest absolute Gasteiger partial charge is 0.332 e. The number of halogens is 1. The predicted octanol–water partition coefficient (Wildman–Crippen LogP) is 7.46. The molecule has 168 valence electrons. The van der Waals surface area contributed by atoms with Gasteiger partial charge in [-0.15, -0.1) is 11.3 Å². The van der Waals surface area contributed by atoms with E-state index in [1.807, 2.05) is 42.5 Å². The molecule has 1 heterocycles. The quantitative estimate of drug-likeness (QED) is 0.266. The van der Waals surface area contributed by atoms with Gasteiger partial charge >= 0.3 is 0 Å². The third kappa shape index (κ3) is 5.49. The highest BCUT2D eigenvalue weighted by molar-refractivity contribution is 9.10. The minimum atomic E-state index is -0.255. The number of fused-ring (bicyclic) bond motifs is 1. The van der Waals surface area contributed by atoms with Crippen molar-refractivity contribution in [1.29, 1.82) is 0 Å². The lowest BCUT2D eigenvalue weighted by molar-refractivity contribution is 0.0977. The fourth-order valence-corrected chi connectivity index (χ4v) is 5.71. The molecule has 1 amide bonds. The van der Waals surface area contributed by atoms with Crippen LogP contribution in [-0.2, 0) is 5.41 Å². The molecule has 0 bridgehead atoms. The Morgan fingerprint density at radius 1 is 1.03 bits per heavy atom. The summed E-state index contributed by atoms with van der Waals surface area (Å²) < 4.78 is 2.08. The summed E-state index contributed by atoms with van der Waals surface area (Å²) >= 11 is 10.6. The maximum Gasteiger partial charge on any atom is 0.257 e. The number of benzene rings is 3. The lowest BCUT2D eigenvalue weighted by Crippen LogP contribution is -2.34. The summed E-state index contributed by atoms with van der Waals surface area (Å²) in [5, 5.41) is 7.05. The molecule has 7 heteroatoms. The molecule has 0 spiro atoms. The Morgan fingerprint density at radius 3 is 2.42 bits per heavy atom. The molecule has 0 saturated heterocycles. The third-order valence-electron chi connectivity index (χ3n) is 5.20. The first-order valence-corrected chi connectivity index (χ1v) is 12.5. The van der Waals surface area contributed by atoms with Gasteiger partial charge < -0.3 is 5.32 Å². The molecule has 0 saturated carbocycles. The van der Waals surface area contributed by atoms with Crippen LogP contribution in [0.4, 0.5) is 5.69 Å². The number of hydrogen-bond donors (Lipinski definition) is 2. The van der Waals surface area contributed by atoms with Gasteiger partial charge in [-0.05, 0) is 84.2 Å². The number of aryl methyl sites for hydroxylation is 1. The van der Waals surface area contributed by atoms with Crippen molar-refractivity contribution in [3.63, 3.8) is 0 Å². The molecule has 4 nitrogen and oxygen atoms in total. The maximum atomic E-state index is 12.6. The van der Waals surface area contributed by atoms with E-state index in [2.05, 4.69) is 72.5 Å². The lowest BCUT2D eigenvalue weighted by atomic mass is 9.86. The number of nitrogens with one attached hydrogen (secondary N) is 2. The number of aromatic nitrogens is 1. The van der Waals surface area contributed by atoms with Gasteiger partial charge in [-0.25, -0.2) is 4.98 Å². The summed E-state index contributed by atoms with van der Waals surface area (Å²) in [6, 6.07) is 19.8. The first-order chi connectivity index (χ1) is 15.6. The lowest BCUT2D eigenvalue weighted by Gasteiger charge is -2.21. The molecule has 4 rings (SSSR count). The molecule has 0 unspecified atom stereocenters. The van der Waals surface area contributed by atoms with Gasteiger partial charge in [-0.2, -0.15) is 0 Å². The highest BCUT2D eigenvalue weighted by Gasteiger charge is 2.18. The van der Waals surface area contributed by atoms with Crippen molar-refractivity contribution >= 4 is 66.4 Å². The van der Waals surface area contributed by atoms with E-state index >= 15 is 0 Å². The van der Waals surface area contributed by atoms with Gasteiger partial charge in [0.15, 0.2) is 5.11 Å². The van der Waals surface area contributed by atoms with Gasteiger partial charge in [0.05, 0.1) is 10.2 Å². The Hall–Kier alpha value is -2.61. The molecule has 0 fully saturated rings. The standard InChI is InChI=1S/C26H24BrN3OS2/c1-15-5-12-21-22(13-15)33-24(29-21)16-6-9-18(10-7-16)28-25(32)30-23(31)17-8-11-19(20(27)14-17)26(2,3)4/h5-14H,1-4H3,(H2,28,30,31,32). The van der Waals surface area contributed by atoms with Crippen molar-refractivity contribution in [3.05, 3.63) is 81.8 Å². The van der Waals surface area contributed by atoms with Crippen LogP contribution in [0.3, 0.4) is 0 Å². The van der Waals surface area contributed by atoms with E-state index in [0.717, 1.165) is 31.8 Å². The smallest absolute Gasteiger partial charge is 0.257 e. The Morgan fingerprint density at radius 2 is 1.76 bits per heavy atom. The average molecular weight is 539 g/mol. The fourth-order valence-electron chi connectivity index (χ4n) is 3.45. The number of thiocarbonyl (C=S) groups is 1. The van der Waals surface area contributed by atoms with Crippen LogP contribution in [0.2, 0.25) is 0 Å². The monoisotopic (exact) mass is 537 g/mol. The van der Waals surface area contributed by atoms with Crippen LogP contribution in [0.1, 0.15) is 42.3 Å². The van der Waals surface area contributed by atoms with E-state index in [9.17, 15) is 4.79 Å². The number of rotatable bonds is 3. The molecule has 0 aliphatic heterocycles. The zero-order valence-corrected chi connectivity index (χ0v) is 22.0. The van der Waals surface area contributed by atoms with Gasteiger partial charge in [-0.1, -0.05) is 48.8 Å². The van der Waals surface area contributed by atoms with Crippen LogP contribution in [0.25, 0.3) is 20.8 Å². The SMILES string of the molecule is Cc1ccc2nc(-c3ccc(NC(=S)NC(=O)c4ccc(C(C)(C)C)c(Br)c4)cc3)sc2c1. The van der Waals surface area contributed by atoms with Crippen LogP contribution in [-0.4, -0.2) is 16.0 Å². The Balaban J connectivity index is 1.41. The zero-order chi connectivity index (χ0) is 23.8. The topological polar surface area (TPSA) is 54.0 Å². The number of thiazole rings is 1. The summed E-state index contributed by atoms with van der Waals surface area (Å²) in [4.78, 5) is 17.4. The first-order valence-electron chi connectivity index (χ1n) is 10.5. The Kier molecular flexibility index (Phi) is 6.66. The van der Waals surface area contributed by atoms with E-state index in [4.69, 9.17) is 17.2 Å². The second-order valence-electron chi connectivity index (χ2n) is 8.92. The van der Waals surface area contributed by atoms with E-state index in [1.54, 1.807) is 11.3 Å². The predicted molar refractivity (Wildman–Crippen MR) is 146 cm³/mol. The van der Waals surface area contributed by atoms with E-state index in [-0.39, 0.29) is 16.4 Å². The van der Waals surface area contributed by atoms with Crippen molar-refractivity contribution < 1.29 is 4.79 Å². The van der Waals surface area contributed by atoms with Gasteiger partial charge in [-0.3, -0.25) is 10.1 Å². The average Bonchev–Trinajstić information content (AvgIpc) is 3.16. The molecule has 0 aliphatic rings. The summed E-state index contributed by atoms with van der Waals surface area (Å²) in [6.45, 7) is 8.49. The van der Waals surface area contributed by atoms with Crippen LogP contribution in [0.15, 0.2) is 65.1 Å². The molecular weight excluding hydrogens is 514 g/mol. The van der Waals surface area contributed by atoms with Crippen LogP contribution < -0.4 is 10.6 Å². The summed E-state index contributed by atoms with van der Waals surface area (Å²) in [7, 11) is 0. The molecule has 3 aromatic carbocycles. The Bertz CT molecular complexity index is 1350. The summed E-state index contributed by atoms with van der Waals surface area (Å²) in [5.74, 6) is -0.255. The number of carbonyl (C=O) groups is 1. The van der Waals surface area contributed by atoms with E-state index < -0.39 is 0 Å². The minimum absolute atomic E-state index is 0.0127. The minimum Gasteiger partial charge on any atom is -0.332 e. The van der Waals surface area contributed by atoms with E-state index in [0.29, 0.717) is 5.56 Å².